The van der Waals surface area contributed by atoms with Gasteiger partial charge in [-0.05, 0) is 56.2 Å². The zero-order chi connectivity index (χ0) is 30.3. The normalized spacial score (nSPS) is 34.0. The highest BCUT2D eigenvalue weighted by atomic mass is 19.2. The number of aliphatic hydroxyl groups excluding tert-OH is 2. The largest absolute Gasteiger partial charge is 0.390 e. The van der Waals surface area contributed by atoms with Gasteiger partial charge in [-0.15, -0.1) is 0 Å². The number of likely N-dealkylation sites (tertiary alicyclic amines) is 1. The molecule has 5 fully saturated rings. The van der Waals surface area contributed by atoms with E-state index in [1.807, 2.05) is 0 Å². The maximum Gasteiger partial charge on any atom is 0.244 e. The van der Waals surface area contributed by atoms with E-state index in [0.29, 0.717) is 64.2 Å². The average Bonchev–Trinajstić information content (AvgIpc) is 3.53. The van der Waals surface area contributed by atoms with E-state index >= 15 is 0 Å². The van der Waals surface area contributed by atoms with Gasteiger partial charge in [-0.2, -0.15) is 0 Å². The summed E-state index contributed by atoms with van der Waals surface area (Å²) in [7, 11) is 0. The van der Waals surface area contributed by atoms with Crippen molar-refractivity contribution in [2.45, 2.75) is 93.4 Å². The molecule has 6 atom stereocenters. The Morgan fingerprint density at radius 3 is 2.44 bits per heavy atom. The Morgan fingerprint density at radius 2 is 1.72 bits per heavy atom. The van der Waals surface area contributed by atoms with Gasteiger partial charge in [-0.25, -0.2) is 8.78 Å². The van der Waals surface area contributed by atoms with Crippen LogP contribution in [0.1, 0.15) is 50.5 Å². The van der Waals surface area contributed by atoms with Crippen LogP contribution < -0.4 is 16.0 Å². The standard InChI is InChI=1S/C30H41F2N5O6/c31-20-2-1-17(13-21(20)32)16-36-9-6-30(7-10-36)15-24(38)37-8-3-22(33-18-4-11-43-12-5-18)25(37)29(42)34-23-14-19(28(41)35-30)26(39)27(23)40/h1-2,13,18-19,22-23,25-27,33,39-40H,3-12,14-16H2,(H,34,42)(H,35,41)/t19-,22+,23+,25-,26+,27-/m0/s1. The highest BCUT2D eigenvalue weighted by molar-refractivity contribution is 5.91. The topological polar surface area (TPSA) is 143 Å². The summed E-state index contributed by atoms with van der Waals surface area (Å²) >= 11 is 0. The molecule has 2 bridgehead atoms. The molecule has 236 valence electrons. The lowest BCUT2D eigenvalue weighted by Gasteiger charge is -2.44. The number of hydrogen-bond donors (Lipinski definition) is 5. The summed E-state index contributed by atoms with van der Waals surface area (Å²) in [5.41, 5.74) is -0.301. The van der Waals surface area contributed by atoms with E-state index in [2.05, 4.69) is 20.9 Å². The highest BCUT2D eigenvalue weighted by Crippen LogP contribution is 2.34. The number of piperidine rings is 1. The van der Waals surface area contributed by atoms with Gasteiger partial charge in [0.1, 0.15) is 12.1 Å². The van der Waals surface area contributed by atoms with Gasteiger partial charge in [-0.1, -0.05) is 6.07 Å². The van der Waals surface area contributed by atoms with Crippen molar-refractivity contribution in [2.24, 2.45) is 5.92 Å². The summed E-state index contributed by atoms with van der Waals surface area (Å²) < 4.78 is 32.7. The minimum atomic E-state index is -1.36. The molecule has 13 heteroatoms. The fourth-order valence-electron chi connectivity index (χ4n) is 7.57. The number of halogens is 2. The monoisotopic (exact) mass is 605 g/mol. The SMILES string of the molecule is O=C1NC2(CCN(Cc3ccc(F)c(F)c3)CC2)CC(=O)N2CC[C@@H](NC3CCOCC3)[C@H]2C(=O)N[C@@H]2C[C@H]1[C@@H](O)[C@H]2O. The summed E-state index contributed by atoms with van der Waals surface area (Å²) in [5.74, 6) is -3.85. The van der Waals surface area contributed by atoms with Crippen LogP contribution in [0.2, 0.25) is 0 Å². The molecule has 5 N–H and O–H groups in total. The van der Waals surface area contributed by atoms with Crippen LogP contribution in [-0.2, 0) is 25.7 Å². The van der Waals surface area contributed by atoms with Crippen molar-refractivity contribution in [3.05, 3.63) is 35.4 Å². The van der Waals surface area contributed by atoms with Crippen LogP contribution in [0.5, 0.6) is 0 Å². The quantitative estimate of drug-likeness (QED) is 0.317. The van der Waals surface area contributed by atoms with Crippen LogP contribution in [0, 0.1) is 17.6 Å². The van der Waals surface area contributed by atoms with Gasteiger partial charge >= 0.3 is 0 Å². The third kappa shape index (κ3) is 6.28. The predicted molar refractivity (Wildman–Crippen MR) is 149 cm³/mol. The van der Waals surface area contributed by atoms with E-state index in [0.717, 1.165) is 18.9 Å². The highest BCUT2D eigenvalue weighted by Gasteiger charge is 2.52. The van der Waals surface area contributed by atoms with Crippen LogP contribution in [0.4, 0.5) is 8.78 Å². The summed E-state index contributed by atoms with van der Waals surface area (Å²) in [5, 5.41) is 31.1. The number of carbonyl (C=O) groups excluding carboxylic acids is 3. The molecule has 3 amide bonds. The lowest BCUT2D eigenvalue weighted by Crippen LogP contribution is -2.61. The Balaban J connectivity index is 1.23. The summed E-state index contributed by atoms with van der Waals surface area (Å²) in [6.07, 6.45) is 0.423. The lowest BCUT2D eigenvalue weighted by molar-refractivity contribution is -0.142. The minimum absolute atomic E-state index is 0.0136. The molecule has 1 saturated carbocycles. The molecule has 43 heavy (non-hydrogen) atoms. The van der Waals surface area contributed by atoms with E-state index in [-0.39, 0.29) is 30.8 Å². The fraction of sp³-hybridized carbons (Fsp3) is 0.700. The van der Waals surface area contributed by atoms with Crippen LogP contribution in [0.25, 0.3) is 0 Å². The van der Waals surface area contributed by atoms with Gasteiger partial charge in [0.2, 0.25) is 17.7 Å². The Kier molecular flexibility index (Phi) is 8.71. The Morgan fingerprint density at radius 1 is 0.977 bits per heavy atom. The van der Waals surface area contributed by atoms with E-state index in [9.17, 15) is 33.4 Å². The first-order chi connectivity index (χ1) is 20.6. The molecule has 0 radical (unpaired) electrons. The molecule has 1 aromatic carbocycles. The zero-order valence-corrected chi connectivity index (χ0v) is 24.1. The van der Waals surface area contributed by atoms with Crippen molar-refractivity contribution in [2.75, 3.05) is 32.8 Å². The molecule has 6 rings (SSSR count). The van der Waals surface area contributed by atoms with Crippen molar-refractivity contribution < 1.29 is 38.1 Å². The first kappa shape index (κ1) is 30.3. The van der Waals surface area contributed by atoms with E-state index in [1.165, 1.54) is 12.1 Å². The average molecular weight is 606 g/mol. The summed E-state index contributed by atoms with van der Waals surface area (Å²) in [4.78, 5) is 44.9. The van der Waals surface area contributed by atoms with Gasteiger partial charge in [0.25, 0.3) is 0 Å². The molecule has 1 spiro atoms. The molecule has 4 aliphatic heterocycles. The number of nitrogens with zero attached hydrogens (tertiary/aromatic N) is 2. The number of rotatable bonds is 4. The molecule has 11 nitrogen and oxygen atoms in total. The van der Waals surface area contributed by atoms with Gasteiger partial charge in [-0.3, -0.25) is 19.3 Å². The number of nitrogens with one attached hydrogen (secondary N) is 3. The molecule has 0 unspecified atom stereocenters. The molecule has 4 heterocycles. The molecule has 1 aliphatic carbocycles. The van der Waals surface area contributed by atoms with Crippen molar-refractivity contribution >= 4 is 17.7 Å². The number of aliphatic hydroxyl groups is 2. The van der Waals surface area contributed by atoms with Crippen molar-refractivity contribution in [3.8, 4) is 0 Å². The summed E-state index contributed by atoms with van der Waals surface area (Å²) in [6, 6.07) is 2.08. The molecule has 4 saturated heterocycles. The van der Waals surface area contributed by atoms with Gasteiger partial charge in [0.15, 0.2) is 11.6 Å². The van der Waals surface area contributed by atoms with Crippen molar-refractivity contribution in [1.82, 2.24) is 25.8 Å². The van der Waals surface area contributed by atoms with Gasteiger partial charge in [0, 0.05) is 51.5 Å². The fourth-order valence-corrected chi connectivity index (χ4v) is 7.57. The third-order valence-electron chi connectivity index (χ3n) is 10.1. The molecular formula is C30H41F2N5O6. The van der Waals surface area contributed by atoms with Crippen LogP contribution >= 0.6 is 0 Å². The molecular weight excluding hydrogens is 564 g/mol. The van der Waals surface area contributed by atoms with Crippen molar-refractivity contribution in [1.29, 1.82) is 0 Å². The first-order valence-electron chi connectivity index (χ1n) is 15.4. The third-order valence-corrected chi connectivity index (χ3v) is 10.1. The van der Waals surface area contributed by atoms with E-state index in [4.69, 9.17) is 4.74 Å². The second-order valence-electron chi connectivity index (χ2n) is 12.9. The Bertz CT molecular complexity index is 1220. The Hall–Kier alpha value is -2.71. The summed E-state index contributed by atoms with van der Waals surface area (Å²) in [6.45, 7) is 3.01. The molecule has 5 aliphatic rings. The van der Waals surface area contributed by atoms with Gasteiger partial charge < -0.3 is 35.8 Å². The minimum Gasteiger partial charge on any atom is -0.390 e. The van der Waals surface area contributed by atoms with E-state index < -0.39 is 59.2 Å². The smallest absolute Gasteiger partial charge is 0.244 e. The van der Waals surface area contributed by atoms with E-state index in [1.54, 1.807) is 4.90 Å². The Labute approximate surface area is 249 Å². The van der Waals surface area contributed by atoms with Crippen LogP contribution in [0.15, 0.2) is 18.2 Å². The molecule has 0 aromatic heterocycles. The first-order valence-corrected chi connectivity index (χ1v) is 15.4. The number of carbonyl (C=O) groups is 3. The maximum absolute atomic E-state index is 14.0. The number of amides is 3. The van der Waals surface area contributed by atoms with Gasteiger partial charge in [0.05, 0.1) is 30.0 Å². The number of ether oxygens (including phenoxy) is 1. The predicted octanol–water partition coefficient (Wildman–Crippen LogP) is -0.216. The number of hydrogen-bond acceptors (Lipinski definition) is 8. The lowest BCUT2D eigenvalue weighted by atomic mass is 9.82. The maximum atomic E-state index is 14.0. The second kappa shape index (κ2) is 12.4. The van der Waals surface area contributed by atoms with Crippen LogP contribution in [0.3, 0.4) is 0 Å². The zero-order valence-electron chi connectivity index (χ0n) is 24.1. The number of fused-ring (bicyclic) bond motifs is 3. The van der Waals surface area contributed by atoms with Crippen molar-refractivity contribution in [3.63, 3.8) is 0 Å². The number of benzene rings is 1. The molecule has 1 aromatic rings. The van der Waals surface area contributed by atoms with Crippen LogP contribution in [-0.4, -0.2) is 112 Å². The second-order valence-corrected chi connectivity index (χ2v) is 12.9.